The van der Waals surface area contributed by atoms with Crippen LogP contribution in [0.1, 0.15) is 96.1 Å². The van der Waals surface area contributed by atoms with E-state index < -0.39 is 111 Å². The van der Waals surface area contributed by atoms with Gasteiger partial charge < -0.3 is 25.0 Å². The number of hydrogen-bond acceptors (Lipinski definition) is 9. The molecule has 2 aliphatic carbocycles. The lowest BCUT2D eigenvalue weighted by Gasteiger charge is -2.31. The number of halogens is 3. The van der Waals surface area contributed by atoms with E-state index in [2.05, 4.69) is 15.4 Å². The minimum Gasteiger partial charge on any atom is -0.444 e. The molecule has 4 fully saturated rings. The Kier molecular flexibility index (Phi) is 10.4. The van der Waals surface area contributed by atoms with Gasteiger partial charge in [-0.3, -0.25) is 24.0 Å². The lowest BCUT2D eigenvalue weighted by molar-refractivity contribution is -0.141. The predicted octanol–water partition coefficient (Wildman–Crippen LogP) is 3.61. The quantitative estimate of drug-likeness (QED) is 0.403. The summed E-state index contributed by atoms with van der Waals surface area (Å²) in [6, 6.07) is 1.49. The number of amides is 5. The van der Waals surface area contributed by atoms with Crippen LogP contribution in [0.5, 0.6) is 0 Å². The highest BCUT2D eigenvalue weighted by Gasteiger charge is 2.62. The molecular weight excluding hydrogens is 723 g/mol. The predicted molar refractivity (Wildman–Crippen MR) is 181 cm³/mol. The van der Waals surface area contributed by atoms with E-state index in [1.807, 2.05) is 0 Å². The standard InChI is InChI=1S/C35H46F3N5O9S/c1-33(2,3)52-31(47)39-26-12-14-34(37,38)13-5-4-8-21-16-35(21,30(46)41-53(49,50)23-10-11-23)40-28(44)27-15-22(18-43(27)29(26)45)51-32(48)42-17-20-7-6-9-25(36)24(20)19-42/h6-7,9,21-23,26-27H,4-5,8,10-19H2,1-3H3,(H,39,47)(H,40,44)(H,41,46)/t21-,22+,26-,27-,35+/m0/s1. The Balaban J connectivity index is 1.27. The molecule has 292 valence electrons. The molecule has 1 aromatic carbocycles. The summed E-state index contributed by atoms with van der Waals surface area (Å²) >= 11 is 0. The average molecular weight is 770 g/mol. The molecule has 3 heterocycles. The van der Waals surface area contributed by atoms with Crippen molar-refractivity contribution in [2.75, 3.05) is 6.54 Å². The zero-order valence-corrected chi connectivity index (χ0v) is 30.7. The number of nitrogens with zero attached hydrogens (tertiary/aromatic N) is 2. The maximum absolute atomic E-state index is 15.2. The molecule has 1 aromatic rings. The van der Waals surface area contributed by atoms with Gasteiger partial charge in [0.25, 0.3) is 5.91 Å². The first-order chi connectivity index (χ1) is 24.8. The van der Waals surface area contributed by atoms with E-state index in [0.717, 1.165) is 4.90 Å². The van der Waals surface area contributed by atoms with Crippen molar-refractivity contribution in [2.24, 2.45) is 5.92 Å². The monoisotopic (exact) mass is 769 g/mol. The van der Waals surface area contributed by atoms with Crippen molar-refractivity contribution in [1.29, 1.82) is 0 Å². The molecule has 2 saturated carbocycles. The van der Waals surface area contributed by atoms with Gasteiger partial charge in [0.1, 0.15) is 35.1 Å². The zero-order chi connectivity index (χ0) is 38.5. The van der Waals surface area contributed by atoms with E-state index in [1.54, 1.807) is 26.8 Å². The van der Waals surface area contributed by atoms with E-state index >= 15 is 8.78 Å². The lowest BCUT2D eigenvalue weighted by Crippen LogP contribution is -2.58. The number of alkyl halides is 2. The Labute approximate surface area is 305 Å². The van der Waals surface area contributed by atoms with E-state index in [1.165, 1.54) is 17.0 Å². The van der Waals surface area contributed by atoms with Crippen LogP contribution in [0.3, 0.4) is 0 Å². The van der Waals surface area contributed by atoms with Gasteiger partial charge in [0.15, 0.2) is 0 Å². The molecule has 0 radical (unpaired) electrons. The molecule has 5 atom stereocenters. The van der Waals surface area contributed by atoms with Crippen LogP contribution in [0, 0.1) is 11.7 Å². The Hall–Kier alpha value is -4.09. The number of carbonyl (C=O) groups is 5. The first-order valence-electron chi connectivity index (χ1n) is 18.0. The number of rotatable bonds is 5. The second kappa shape index (κ2) is 14.3. The number of hydrogen-bond donors (Lipinski definition) is 3. The van der Waals surface area contributed by atoms with Crippen molar-refractivity contribution < 1.29 is 55.0 Å². The molecule has 0 unspecified atom stereocenters. The van der Waals surface area contributed by atoms with Gasteiger partial charge in [0.05, 0.1) is 18.3 Å². The van der Waals surface area contributed by atoms with Gasteiger partial charge in [0.2, 0.25) is 27.8 Å². The third-order valence-corrected chi connectivity index (χ3v) is 12.3. The molecule has 18 heteroatoms. The van der Waals surface area contributed by atoms with Crippen LogP contribution in [0.4, 0.5) is 22.8 Å². The van der Waals surface area contributed by atoms with Crippen LogP contribution in [-0.4, -0.2) is 95.2 Å². The molecule has 14 nitrogen and oxygen atoms in total. The average Bonchev–Trinajstić information content (AvgIpc) is 3.94. The van der Waals surface area contributed by atoms with Gasteiger partial charge in [-0.1, -0.05) is 18.6 Å². The number of ether oxygens (including phenoxy) is 2. The summed E-state index contributed by atoms with van der Waals surface area (Å²) in [5, 5.41) is 4.35. The Morgan fingerprint density at radius 2 is 1.75 bits per heavy atom. The van der Waals surface area contributed by atoms with Crippen LogP contribution >= 0.6 is 0 Å². The number of carbonyl (C=O) groups excluding carboxylic acids is 5. The van der Waals surface area contributed by atoms with Crippen LogP contribution in [0.15, 0.2) is 18.2 Å². The fourth-order valence-electron chi connectivity index (χ4n) is 7.42. The fraction of sp³-hybridized carbons (Fsp3) is 0.686. The highest BCUT2D eigenvalue weighted by atomic mass is 32.2. The molecular formula is C35H46F3N5O9S. The summed E-state index contributed by atoms with van der Waals surface area (Å²) < 4.78 is 83.4. The highest BCUT2D eigenvalue weighted by molar-refractivity contribution is 7.91. The maximum Gasteiger partial charge on any atom is 0.410 e. The molecule has 3 N–H and O–H groups in total. The Bertz CT molecular complexity index is 1770. The van der Waals surface area contributed by atoms with E-state index in [4.69, 9.17) is 9.47 Å². The number of alkyl carbamates (subject to hydrolysis) is 1. The van der Waals surface area contributed by atoms with Gasteiger partial charge in [-0.25, -0.2) is 31.2 Å². The third kappa shape index (κ3) is 8.83. The molecule has 5 aliphatic rings. The molecule has 3 aliphatic heterocycles. The van der Waals surface area contributed by atoms with Crippen molar-refractivity contribution in [3.63, 3.8) is 0 Å². The van der Waals surface area contributed by atoms with Gasteiger partial charge >= 0.3 is 12.2 Å². The molecule has 0 aromatic heterocycles. The normalized spacial score (nSPS) is 29.0. The number of fused-ring (bicyclic) bond motifs is 3. The second-order valence-corrected chi connectivity index (χ2v) is 17.8. The van der Waals surface area contributed by atoms with E-state index in [9.17, 15) is 36.8 Å². The van der Waals surface area contributed by atoms with E-state index in [-0.39, 0.29) is 51.7 Å². The van der Waals surface area contributed by atoms with Gasteiger partial charge in [0, 0.05) is 31.4 Å². The van der Waals surface area contributed by atoms with Gasteiger partial charge in [-0.2, -0.15) is 0 Å². The molecule has 6 rings (SSSR count). The van der Waals surface area contributed by atoms with Crippen molar-refractivity contribution in [3.8, 4) is 0 Å². The van der Waals surface area contributed by atoms with Crippen LogP contribution < -0.4 is 15.4 Å². The Morgan fingerprint density at radius 1 is 1.02 bits per heavy atom. The van der Waals surface area contributed by atoms with Crippen LogP contribution in [-0.2, 0) is 47.0 Å². The summed E-state index contributed by atoms with van der Waals surface area (Å²) in [6.07, 6.45) is -3.69. The third-order valence-electron chi connectivity index (χ3n) is 10.5. The minimum atomic E-state index is -4.01. The number of nitrogens with one attached hydrogen (secondary N) is 3. The largest absolute Gasteiger partial charge is 0.444 e. The minimum absolute atomic E-state index is 0.0507. The molecule has 0 spiro atoms. The number of benzene rings is 1. The van der Waals surface area contributed by atoms with Crippen molar-refractivity contribution in [2.45, 2.75) is 139 Å². The van der Waals surface area contributed by atoms with Crippen molar-refractivity contribution in [3.05, 3.63) is 35.1 Å². The summed E-state index contributed by atoms with van der Waals surface area (Å²) in [4.78, 5) is 70.5. The zero-order valence-electron chi connectivity index (χ0n) is 29.9. The van der Waals surface area contributed by atoms with Crippen LogP contribution in [0.25, 0.3) is 0 Å². The van der Waals surface area contributed by atoms with Crippen molar-refractivity contribution in [1.82, 2.24) is 25.2 Å². The summed E-state index contributed by atoms with van der Waals surface area (Å²) in [7, 11) is -4.01. The Morgan fingerprint density at radius 3 is 2.43 bits per heavy atom. The molecule has 53 heavy (non-hydrogen) atoms. The SMILES string of the molecule is CC(C)(C)OC(=O)N[C@H]1CCC(F)(F)CCCC[C@H]2C[C@@]2(C(=O)NS(=O)(=O)C2CC2)NC(=O)[C@@H]2C[C@@H](OC(=O)N3Cc4cccc(F)c4C3)CN2C1=O. The second-order valence-electron chi connectivity index (χ2n) is 15.9. The summed E-state index contributed by atoms with van der Waals surface area (Å²) in [5.74, 6) is -6.97. The lowest BCUT2D eigenvalue weighted by atomic mass is 10.00. The first-order valence-corrected chi connectivity index (χ1v) is 19.6. The maximum atomic E-state index is 15.2. The van der Waals surface area contributed by atoms with Gasteiger partial charge in [-0.15, -0.1) is 0 Å². The summed E-state index contributed by atoms with van der Waals surface area (Å²) in [6.45, 7) is 4.36. The van der Waals surface area contributed by atoms with Gasteiger partial charge in [-0.05, 0) is 76.8 Å². The smallest absolute Gasteiger partial charge is 0.410 e. The summed E-state index contributed by atoms with van der Waals surface area (Å²) in [5.41, 5.74) is -1.75. The number of sulfonamides is 1. The topological polar surface area (TPSA) is 181 Å². The van der Waals surface area contributed by atoms with Crippen molar-refractivity contribution >= 4 is 39.9 Å². The highest BCUT2D eigenvalue weighted by Crippen LogP contribution is 2.48. The molecule has 0 bridgehead atoms. The van der Waals surface area contributed by atoms with Crippen LogP contribution in [0.2, 0.25) is 0 Å². The fourth-order valence-corrected chi connectivity index (χ4v) is 8.78. The molecule has 5 amide bonds. The van der Waals surface area contributed by atoms with E-state index in [0.29, 0.717) is 24.0 Å². The first kappa shape index (κ1) is 38.6. The molecule has 2 saturated heterocycles.